The SMILES string of the molecule is Fc1ccc(C(F)(F)F)c(C(=NN=C(c2cc(F)ccc2C(F)(F)F)N2CCN(c3ccccn3)CC2)N2CCN(c3ccccn3)CC2)c1. The number of hydrogen-bond donors (Lipinski definition) is 0. The largest absolute Gasteiger partial charge is 0.417 e. The van der Waals surface area contributed by atoms with Crippen LogP contribution in [0.3, 0.4) is 0 Å². The average molecular weight is 703 g/mol. The Morgan fingerprint density at radius 3 is 1.22 bits per heavy atom. The van der Waals surface area contributed by atoms with Gasteiger partial charge in [-0.1, -0.05) is 12.1 Å². The van der Waals surface area contributed by atoms with Crippen LogP contribution in [-0.4, -0.2) is 83.8 Å². The topological polar surface area (TPSA) is 63.5 Å². The molecule has 6 rings (SSSR count). The van der Waals surface area contributed by atoms with E-state index in [-0.39, 0.29) is 26.2 Å². The van der Waals surface area contributed by atoms with E-state index in [0.29, 0.717) is 74.2 Å². The van der Waals surface area contributed by atoms with Crippen LogP contribution in [0.5, 0.6) is 0 Å². The summed E-state index contributed by atoms with van der Waals surface area (Å²) in [6.45, 7) is 1.58. The van der Waals surface area contributed by atoms with Crippen LogP contribution in [-0.2, 0) is 12.4 Å². The molecule has 0 N–H and O–H groups in total. The van der Waals surface area contributed by atoms with Gasteiger partial charge in [0.2, 0.25) is 0 Å². The number of nitrogens with zero attached hydrogens (tertiary/aromatic N) is 8. The van der Waals surface area contributed by atoms with E-state index in [1.807, 2.05) is 9.80 Å². The molecule has 0 amide bonds. The second kappa shape index (κ2) is 14.3. The zero-order valence-corrected chi connectivity index (χ0v) is 26.3. The summed E-state index contributed by atoms with van der Waals surface area (Å²) in [5.74, 6) is -1.47. The van der Waals surface area contributed by atoms with Crippen LogP contribution in [0.15, 0.2) is 95.4 Å². The van der Waals surface area contributed by atoms with Crippen molar-refractivity contribution in [1.29, 1.82) is 0 Å². The highest BCUT2D eigenvalue weighted by Crippen LogP contribution is 2.35. The maximum atomic E-state index is 14.6. The summed E-state index contributed by atoms with van der Waals surface area (Å²) in [6.07, 6.45) is -6.66. The van der Waals surface area contributed by atoms with Gasteiger partial charge in [-0.05, 0) is 60.7 Å². The van der Waals surface area contributed by atoms with Gasteiger partial charge in [-0.2, -0.15) is 26.3 Å². The molecule has 4 aromatic rings. The molecule has 2 aliphatic rings. The van der Waals surface area contributed by atoms with Gasteiger partial charge in [0.05, 0.1) is 11.1 Å². The van der Waals surface area contributed by atoms with Gasteiger partial charge in [-0.15, -0.1) is 10.2 Å². The van der Waals surface area contributed by atoms with E-state index in [1.165, 1.54) is 9.80 Å². The lowest BCUT2D eigenvalue weighted by Crippen LogP contribution is -2.50. The third-order valence-corrected chi connectivity index (χ3v) is 8.40. The number of hydrogen-bond acceptors (Lipinski definition) is 6. The summed E-state index contributed by atoms with van der Waals surface area (Å²) in [6, 6.07) is 14.5. The predicted octanol–water partition coefficient (Wildman–Crippen LogP) is 6.55. The van der Waals surface area contributed by atoms with E-state index < -0.39 is 57.9 Å². The van der Waals surface area contributed by atoms with Crippen molar-refractivity contribution in [2.45, 2.75) is 12.4 Å². The lowest BCUT2D eigenvalue weighted by molar-refractivity contribution is -0.138. The second-order valence-electron chi connectivity index (χ2n) is 11.5. The van der Waals surface area contributed by atoms with Crippen LogP contribution in [0.4, 0.5) is 46.8 Å². The molecule has 2 aliphatic heterocycles. The molecule has 0 unspecified atom stereocenters. The molecule has 0 aliphatic carbocycles. The molecule has 2 fully saturated rings. The number of benzene rings is 2. The first kappa shape index (κ1) is 34.6. The minimum atomic E-state index is -4.93. The van der Waals surface area contributed by atoms with Gasteiger partial charge in [-0.3, -0.25) is 0 Å². The summed E-state index contributed by atoms with van der Waals surface area (Å²) in [4.78, 5) is 15.4. The fourth-order valence-corrected chi connectivity index (χ4v) is 5.94. The van der Waals surface area contributed by atoms with Crippen molar-refractivity contribution in [2.24, 2.45) is 10.2 Å². The Balaban J connectivity index is 1.45. The Labute approximate surface area is 282 Å². The van der Waals surface area contributed by atoms with Crippen LogP contribution in [0.2, 0.25) is 0 Å². The molecule has 2 saturated heterocycles. The van der Waals surface area contributed by atoms with Crippen LogP contribution in [0, 0.1) is 11.6 Å². The molecule has 0 radical (unpaired) electrons. The number of alkyl halides is 6. The first-order valence-corrected chi connectivity index (χ1v) is 15.6. The Hall–Kier alpha value is -5.28. The van der Waals surface area contributed by atoms with Crippen molar-refractivity contribution in [3.05, 3.63) is 119 Å². The maximum absolute atomic E-state index is 14.6. The number of amidine groups is 2. The number of halogens is 8. The van der Waals surface area contributed by atoms with Crippen LogP contribution in [0.25, 0.3) is 0 Å². The molecule has 50 heavy (non-hydrogen) atoms. The fraction of sp³-hybridized carbons (Fsp3) is 0.294. The van der Waals surface area contributed by atoms with Crippen LogP contribution < -0.4 is 9.80 Å². The van der Waals surface area contributed by atoms with Gasteiger partial charge in [0.15, 0.2) is 11.7 Å². The van der Waals surface area contributed by atoms with Gasteiger partial charge in [-0.25, -0.2) is 18.7 Å². The van der Waals surface area contributed by atoms with E-state index in [0.717, 1.165) is 0 Å². The summed E-state index contributed by atoms with van der Waals surface area (Å²) >= 11 is 0. The molecule has 262 valence electrons. The normalized spacial score (nSPS) is 16.6. The van der Waals surface area contributed by atoms with Crippen molar-refractivity contribution in [2.75, 3.05) is 62.2 Å². The first-order valence-electron chi connectivity index (χ1n) is 15.6. The fourth-order valence-electron chi connectivity index (χ4n) is 5.94. The smallest absolute Gasteiger partial charge is 0.353 e. The molecule has 8 nitrogen and oxygen atoms in total. The van der Waals surface area contributed by atoms with Crippen molar-refractivity contribution < 1.29 is 35.1 Å². The van der Waals surface area contributed by atoms with Crippen molar-refractivity contribution in [3.8, 4) is 0 Å². The molecular weight excluding hydrogens is 672 g/mol. The summed E-state index contributed by atoms with van der Waals surface area (Å²) in [5, 5.41) is 8.37. The molecule has 0 bridgehead atoms. The molecule has 16 heteroatoms. The van der Waals surface area contributed by atoms with Crippen LogP contribution in [0.1, 0.15) is 22.3 Å². The van der Waals surface area contributed by atoms with E-state index in [1.54, 1.807) is 48.8 Å². The summed E-state index contributed by atoms with van der Waals surface area (Å²) in [5.41, 5.74) is -3.68. The van der Waals surface area contributed by atoms with E-state index in [9.17, 15) is 35.1 Å². The quantitative estimate of drug-likeness (QED) is 0.102. The van der Waals surface area contributed by atoms with Crippen molar-refractivity contribution >= 4 is 23.3 Å². The highest BCUT2D eigenvalue weighted by Gasteiger charge is 2.38. The van der Waals surface area contributed by atoms with Gasteiger partial charge in [0, 0.05) is 75.9 Å². The lowest BCUT2D eigenvalue weighted by atomic mass is 10.0. The molecule has 0 saturated carbocycles. The first-order chi connectivity index (χ1) is 23.9. The Morgan fingerprint density at radius 1 is 0.520 bits per heavy atom. The van der Waals surface area contributed by atoms with E-state index in [4.69, 9.17) is 0 Å². The number of pyridine rings is 2. The minimum Gasteiger partial charge on any atom is -0.353 e. The molecule has 0 spiro atoms. The van der Waals surface area contributed by atoms with Gasteiger partial charge in [0.1, 0.15) is 23.3 Å². The number of piperazine rings is 2. The molecule has 0 atom stereocenters. The number of anilines is 2. The van der Waals surface area contributed by atoms with Gasteiger partial charge in [0.25, 0.3) is 0 Å². The molecular formula is C34H30F8N8. The average Bonchev–Trinajstić information content (AvgIpc) is 3.10. The minimum absolute atomic E-state index is 0.102. The number of rotatable bonds is 5. The molecule has 2 aromatic carbocycles. The van der Waals surface area contributed by atoms with Gasteiger partial charge < -0.3 is 19.6 Å². The summed E-state index contributed by atoms with van der Waals surface area (Å²) in [7, 11) is 0. The number of aromatic nitrogens is 2. The predicted molar refractivity (Wildman–Crippen MR) is 172 cm³/mol. The standard InChI is InChI=1S/C34H30F8N8/c35-23-7-9-27(33(37,38)39)25(21-23)31(49-17-13-47(14-18-49)29-5-1-3-11-43-29)45-46-32(26-22-24(36)8-10-28(26)34(40,41)42)50-19-15-48(16-20-50)30-6-2-4-12-44-30/h1-12,21-22H,13-20H2. The maximum Gasteiger partial charge on any atom is 0.417 e. The highest BCUT2D eigenvalue weighted by molar-refractivity contribution is 6.03. The third kappa shape index (κ3) is 7.79. The molecule has 4 heterocycles. The Morgan fingerprint density at radius 2 is 0.900 bits per heavy atom. The third-order valence-electron chi connectivity index (χ3n) is 8.40. The van der Waals surface area contributed by atoms with Crippen LogP contribution >= 0.6 is 0 Å². The Bertz CT molecular complexity index is 1700. The highest BCUT2D eigenvalue weighted by atomic mass is 19.4. The van der Waals surface area contributed by atoms with Gasteiger partial charge >= 0.3 is 12.4 Å². The monoisotopic (exact) mass is 702 g/mol. The van der Waals surface area contributed by atoms with E-state index >= 15 is 0 Å². The second-order valence-corrected chi connectivity index (χ2v) is 11.5. The van der Waals surface area contributed by atoms with E-state index in [2.05, 4.69) is 20.2 Å². The molecule has 2 aromatic heterocycles. The Kier molecular flexibility index (Phi) is 9.88. The zero-order chi connectivity index (χ0) is 35.5. The summed E-state index contributed by atoms with van der Waals surface area (Å²) < 4.78 is 115. The zero-order valence-electron chi connectivity index (χ0n) is 26.3. The van der Waals surface area contributed by atoms with Crippen molar-refractivity contribution in [1.82, 2.24) is 19.8 Å². The van der Waals surface area contributed by atoms with Crippen molar-refractivity contribution in [3.63, 3.8) is 0 Å². The lowest BCUT2D eigenvalue weighted by Gasteiger charge is -2.38.